The van der Waals surface area contributed by atoms with E-state index in [1.807, 2.05) is 12.1 Å². The van der Waals surface area contributed by atoms with Crippen molar-refractivity contribution in [3.63, 3.8) is 0 Å². The van der Waals surface area contributed by atoms with E-state index in [4.69, 9.17) is 5.84 Å². The number of pyridine rings is 1. The molecule has 1 fully saturated rings. The first-order chi connectivity index (χ1) is 8.26. The third-order valence-corrected chi connectivity index (χ3v) is 3.59. The summed E-state index contributed by atoms with van der Waals surface area (Å²) in [5, 5.41) is 9.41. The second-order valence-corrected chi connectivity index (χ2v) is 4.64. The molecule has 1 aromatic rings. The number of hydrazine groups is 1. The second kappa shape index (κ2) is 5.44. The Morgan fingerprint density at radius 3 is 3.18 bits per heavy atom. The average Bonchev–Trinajstić information content (AvgIpc) is 2.70. The Hall–Kier alpha value is -1.17. The quantitative estimate of drug-likeness (QED) is 0.526. The highest BCUT2D eigenvalue weighted by atomic mass is 16.3. The Morgan fingerprint density at radius 1 is 1.65 bits per heavy atom. The maximum Gasteiger partial charge on any atom is 0.144 e. The van der Waals surface area contributed by atoms with Crippen LogP contribution in [0.3, 0.4) is 0 Å². The van der Waals surface area contributed by atoms with Gasteiger partial charge in [-0.05, 0) is 24.9 Å². The van der Waals surface area contributed by atoms with Gasteiger partial charge in [-0.2, -0.15) is 0 Å². The Bertz CT molecular complexity index is 371. The lowest BCUT2D eigenvalue weighted by molar-refractivity contribution is 0.134. The van der Waals surface area contributed by atoms with E-state index in [0.29, 0.717) is 11.7 Å². The van der Waals surface area contributed by atoms with Crippen LogP contribution in [0.2, 0.25) is 0 Å². The van der Waals surface area contributed by atoms with E-state index < -0.39 is 0 Å². The predicted molar refractivity (Wildman–Crippen MR) is 67.1 cm³/mol. The topological polar surface area (TPSA) is 74.4 Å². The molecule has 1 saturated heterocycles. The zero-order chi connectivity index (χ0) is 12.3. The standard InChI is InChI=1S/C12H20N4O/c1-9-4-6-16(11(9)8-17)7-10-3-2-5-14-12(10)15-13/h2-3,5,9,11,17H,4,6-8,13H2,1H3,(H,14,15). The van der Waals surface area contributed by atoms with Gasteiger partial charge in [-0.15, -0.1) is 0 Å². The van der Waals surface area contributed by atoms with Gasteiger partial charge in [0.25, 0.3) is 0 Å². The van der Waals surface area contributed by atoms with Gasteiger partial charge in [0.05, 0.1) is 6.61 Å². The summed E-state index contributed by atoms with van der Waals surface area (Å²) in [7, 11) is 0. The number of aromatic nitrogens is 1. The van der Waals surface area contributed by atoms with Crippen LogP contribution in [0.25, 0.3) is 0 Å². The van der Waals surface area contributed by atoms with Gasteiger partial charge in [0.1, 0.15) is 5.82 Å². The smallest absolute Gasteiger partial charge is 0.144 e. The number of hydrogen-bond donors (Lipinski definition) is 3. The lowest BCUT2D eigenvalue weighted by Crippen LogP contribution is -2.35. The van der Waals surface area contributed by atoms with Crippen LogP contribution in [0.15, 0.2) is 18.3 Å². The van der Waals surface area contributed by atoms with Gasteiger partial charge in [0.2, 0.25) is 0 Å². The maximum atomic E-state index is 9.41. The van der Waals surface area contributed by atoms with Gasteiger partial charge < -0.3 is 10.5 Å². The molecule has 0 spiro atoms. The van der Waals surface area contributed by atoms with E-state index in [2.05, 4.69) is 22.2 Å². The molecule has 94 valence electrons. The first-order valence-electron chi connectivity index (χ1n) is 6.01. The fraction of sp³-hybridized carbons (Fsp3) is 0.583. The largest absolute Gasteiger partial charge is 0.395 e. The molecule has 1 aliphatic rings. The summed E-state index contributed by atoms with van der Waals surface area (Å²) in [5.74, 6) is 6.70. The van der Waals surface area contributed by atoms with Crippen molar-refractivity contribution >= 4 is 5.82 Å². The molecule has 0 saturated carbocycles. The molecule has 4 N–H and O–H groups in total. The van der Waals surface area contributed by atoms with Crippen LogP contribution in [0.4, 0.5) is 5.82 Å². The lowest BCUT2D eigenvalue weighted by atomic mass is 10.0. The number of anilines is 1. The number of nitrogen functional groups attached to an aromatic ring is 1. The fourth-order valence-electron chi connectivity index (χ4n) is 2.49. The van der Waals surface area contributed by atoms with Crippen LogP contribution >= 0.6 is 0 Å². The van der Waals surface area contributed by atoms with Crippen molar-refractivity contribution in [1.82, 2.24) is 9.88 Å². The molecule has 2 rings (SSSR count). The van der Waals surface area contributed by atoms with Gasteiger partial charge in [0, 0.05) is 24.3 Å². The van der Waals surface area contributed by atoms with Crippen LogP contribution in [-0.2, 0) is 6.54 Å². The zero-order valence-corrected chi connectivity index (χ0v) is 10.1. The Labute approximate surface area is 102 Å². The molecule has 2 heterocycles. The van der Waals surface area contributed by atoms with Crippen molar-refractivity contribution in [3.8, 4) is 0 Å². The first kappa shape index (κ1) is 12.3. The van der Waals surface area contributed by atoms with Crippen molar-refractivity contribution < 1.29 is 5.11 Å². The molecule has 1 aliphatic heterocycles. The summed E-state index contributed by atoms with van der Waals surface area (Å²) in [6.07, 6.45) is 2.85. The van der Waals surface area contributed by atoms with Crippen molar-refractivity contribution in [2.24, 2.45) is 11.8 Å². The summed E-state index contributed by atoms with van der Waals surface area (Å²) in [6.45, 7) is 4.20. The maximum absolute atomic E-state index is 9.41. The van der Waals surface area contributed by atoms with Crippen molar-refractivity contribution in [1.29, 1.82) is 0 Å². The van der Waals surface area contributed by atoms with E-state index in [-0.39, 0.29) is 12.6 Å². The molecular formula is C12H20N4O. The minimum Gasteiger partial charge on any atom is -0.395 e. The minimum absolute atomic E-state index is 0.215. The molecule has 17 heavy (non-hydrogen) atoms. The van der Waals surface area contributed by atoms with Crippen LogP contribution < -0.4 is 11.3 Å². The molecule has 2 atom stereocenters. The third-order valence-electron chi connectivity index (χ3n) is 3.59. The molecule has 0 aliphatic carbocycles. The SMILES string of the molecule is CC1CCN(Cc2cccnc2NN)C1CO. The molecule has 0 amide bonds. The summed E-state index contributed by atoms with van der Waals surface area (Å²) in [4.78, 5) is 6.48. The highest BCUT2D eigenvalue weighted by Gasteiger charge is 2.30. The molecule has 0 bridgehead atoms. The van der Waals surface area contributed by atoms with Crippen LogP contribution in [-0.4, -0.2) is 34.2 Å². The number of nitrogens with zero attached hydrogens (tertiary/aromatic N) is 2. The van der Waals surface area contributed by atoms with Crippen LogP contribution in [0, 0.1) is 5.92 Å². The molecule has 5 heteroatoms. The number of nitrogens with two attached hydrogens (primary N) is 1. The van der Waals surface area contributed by atoms with Gasteiger partial charge in [-0.1, -0.05) is 13.0 Å². The zero-order valence-electron chi connectivity index (χ0n) is 10.1. The highest BCUT2D eigenvalue weighted by molar-refractivity contribution is 5.42. The van der Waals surface area contributed by atoms with Gasteiger partial charge in [0.15, 0.2) is 0 Å². The molecule has 5 nitrogen and oxygen atoms in total. The number of aliphatic hydroxyl groups is 1. The molecule has 1 aromatic heterocycles. The van der Waals surface area contributed by atoms with Gasteiger partial charge in [-0.25, -0.2) is 10.8 Å². The Kier molecular flexibility index (Phi) is 3.93. The highest BCUT2D eigenvalue weighted by Crippen LogP contribution is 2.26. The van der Waals surface area contributed by atoms with Crippen molar-refractivity contribution in [2.75, 3.05) is 18.6 Å². The number of rotatable bonds is 4. The molecule has 0 radical (unpaired) electrons. The van der Waals surface area contributed by atoms with Crippen molar-refractivity contribution in [3.05, 3.63) is 23.9 Å². The van der Waals surface area contributed by atoms with Crippen LogP contribution in [0.5, 0.6) is 0 Å². The first-order valence-corrected chi connectivity index (χ1v) is 6.01. The van der Waals surface area contributed by atoms with Crippen molar-refractivity contribution in [2.45, 2.75) is 25.9 Å². The van der Waals surface area contributed by atoms with Crippen LogP contribution in [0.1, 0.15) is 18.9 Å². The number of hydrogen-bond acceptors (Lipinski definition) is 5. The van der Waals surface area contributed by atoms with E-state index >= 15 is 0 Å². The predicted octanol–water partition coefficient (Wildman–Crippen LogP) is 0.570. The summed E-state index contributed by atoms with van der Waals surface area (Å²) in [6, 6.07) is 4.17. The van der Waals surface area contributed by atoms with E-state index in [0.717, 1.165) is 25.1 Å². The molecule has 2 unspecified atom stereocenters. The Morgan fingerprint density at radius 2 is 2.47 bits per heavy atom. The minimum atomic E-state index is 0.215. The van der Waals surface area contributed by atoms with Gasteiger partial charge >= 0.3 is 0 Å². The van der Waals surface area contributed by atoms with E-state index in [1.54, 1.807) is 6.20 Å². The summed E-state index contributed by atoms with van der Waals surface area (Å²) >= 11 is 0. The number of aliphatic hydroxyl groups excluding tert-OH is 1. The summed E-state index contributed by atoms with van der Waals surface area (Å²) in [5.41, 5.74) is 3.69. The van der Waals surface area contributed by atoms with E-state index in [9.17, 15) is 5.11 Å². The normalized spacial score (nSPS) is 25.1. The fourth-order valence-corrected chi connectivity index (χ4v) is 2.49. The van der Waals surface area contributed by atoms with E-state index in [1.165, 1.54) is 0 Å². The summed E-state index contributed by atoms with van der Waals surface area (Å²) < 4.78 is 0. The molecular weight excluding hydrogens is 216 g/mol. The lowest BCUT2D eigenvalue weighted by Gasteiger charge is -2.25. The number of nitrogens with one attached hydrogen (secondary N) is 1. The molecule has 0 aromatic carbocycles. The monoisotopic (exact) mass is 236 g/mol. The Balaban J connectivity index is 2.10. The third kappa shape index (κ3) is 2.57. The average molecular weight is 236 g/mol. The number of likely N-dealkylation sites (tertiary alicyclic amines) is 1. The van der Waals surface area contributed by atoms with Gasteiger partial charge in [-0.3, -0.25) is 4.90 Å². The second-order valence-electron chi connectivity index (χ2n) is 4.64.